The molecular formula is C22H33NO2. The molecule has 1 aromatic carbocycles. The van der Waals surface area contributed by atoms with E-state index in [1.54, 1.807) is 0 Å². The third-order valence-electron chi connectivity index (χ3n) is 5.95. The van der Waals surface area contributed by atoms with Crippen LogP contribution < -0.4 is 10.5 Å². The third kappa shape index (κ3) is 3.87. The van der Waals surface area contributed by atoms with Crippen molar-refractivity contribution in [1.82, 2.24) is 0 Å². The molecule has 3 rings (SSSR count). The summed E-state index contributed by atoms with van der Waals surface area (Å²) >= 11 is 0. The first-order chi connectivity index (χ1) is 11.9. The number of benzene rings is 1. The second-order valence-electron chi connectivity index (χ2n) is 8.37. The van der Waals surface area contributed by atoms with Crippen LogP contribution in [0.15, 0.2) is 23.8 Å². The summed E-state index contributed by atoms with van der Waals surface area (Å²) in [6.07, 6.45) is 10.2. The summed E-state index contributed by atoms with van der Waals surface area (Å²) in [4.78, 5) is 0. The molecule has 25 heavy (non-hydrogen) atoms. The second-order valence-corrected chi connectivity index (χ2v) is 8.37. The topological polar surface area (TPSA) is 55.5 Å². The Labute approximate surface area is 152 Å². The summed E-state index contributed by atoms with van der Waals surface area (Å²) in [5, 5.41) is 10.7. The van der Waals surface area contributed by atoms with Crippen molar-refractivity contribution in [1.29, 1.82) is 0 Å². The normalized spacial score (nSPS) is 24.1. The number of hydrogen-bond acceptors (Lipinski definition) is 3. The van der Waals surface area contributed by atoms with Crippen LogP contribution in [0.4, 0.5) is 0 Å². The van der Waals surface area contributed by atoms with Crippen LogP contribution >= 0.6 is 0 Å². The summed E-state index contributed by atoms with van der Waals surface area (Å²) in [6.45, 7) is 7.36. The van der Waals surface area contributed by atoms with Gasteiger partial charge in [-0.25, -0.2) is 0 Å². The molecule has 0 fully saturated rings. The van der Waals surface area contributed by atoms with Crippen LogP contribution in [0.2, 0.25) is 0 Å². The zero-order valence-corrected chi connectivity index (χ0v) is 16.0. The molecule has 2 aliphatic rings. The summed E-state index contributed by atoms with van der Waals surface area (Å²) in [7, 11) is 0. The highest BCUT2D eigenvalue weighted by Gasteiger charge is 2.45. The fourth-order valence-electron chi connectivity index (χ4n) is 4.55. The smallest absolute Gasteiger partial charge is 0.127 e. The Morgan fingerprint density at radius 1 is 1.20 bits per heavy atom. The maximum absolute atomic E-state index is 10.7. The predicted molar refractivity (Wildman–Crippen MR) is 103 cm³/mol. The van der Waals surface area contributed by atoms with Crippen LogP contribution in [0.5, 0.6) is 11.5 Å². The molecule has 0 amide bonds. The molecule has 1 aliphatic heterocycles. The van der Waals surface area contributed by atoms with E-state index in [0.29, 0.717) is 11.7 Å². The van der Waals surface area contributed by atoms with E-state index in [1.807, 2.05) is 6.07 Å². The average molecular weight is 344 g/mol. The molecular weight excluding hydrogens is 310 g/mol. The molecule has 0 aromatic heterocycles. The van der Waals surface area contributed by atoms with Gasteiger partial charge in [0, 0.05) is 17.4 Å². The van der Waals surface area contributed by atoms with Crippen molar-refractivity contribution in [3.63, 3.8) is 0 Å². The molecule has 1 aliphatic carbocycles. The number of aryl methyl sites for hydroxylation is 1. The molecule has 3 heteroatoms. The highest BCUT2D eigenvalue weighted by Crippen LogP contribution is 2.53. The molecule has 2 atom stereocenters. The lowest BCUT2D eigenvalue weighted by Crippen LogP contribution is -2.45. The van der Waals surface area contributed by atoms with Gasteiger partial charge in [-0.2, -0.15) is 0 Å². The first-order valence-electron chi connectivity index (χ1n) is 9.84. The molecule has 0 unspecified atom stereocenters. The van der Waals surface area contributed by atoms with Gasteiger partial charge in [-0.1, -0.05) is 24.5 Å². The van der Waals surface area contributed by atoms with Gasteiger partial charge in [-0.15, -0.1) is 0 Å². The lowest BCUT2D eigenvalue weighted by atomic mass is 9.68. The minimum Gasteiger partial charge on any atom is -0.507 e. The van der Waals surface area contributed by atoms with Crippen LogP contribution in [0.1, 0.15) is 76.3 Å². The number of phenolic OH excluding ortho intramolecular Hbond substituents is 1. The molecule has 0 spiro atoms. The first-order valence-corrected chi connectivity index (χ1v) is 9.84. The van der Waals surface area contributed by atoms with E-state index in [1.165, 1.54) is 24.0 Å². The number of hydrogen-bond donors (Lipinski definition) is 2. The molecule has 1 heterocycles. The summed E-state index contributed by atoms with van der Waals surface area (Å²) in [5.41, 5.74) is 8.95. The number of phenols is 1. The van der Waals surface area contributed by atoms with Crippen LogP contribution in [0.25, 0.3) is 0 Å². The van der Waals surface area contributed by atoms with E-state index in [4.69, 9.17) is 10.5 Å². The molecule has 3 N–H and O–H groups in total. The fourth-order valence-corrected chi connectivity index (χ4v) is 4.55. The van der Waals surface area contributed by atoms with Crippen molar-refractivity contribution >= 4 is 0 Å². The average Bonchev–Trinajstić information content (AvgIpc) is 2.53. The zero-order valence-electron chi connectivity index (χ0n) is 16.0. The van der Waals surface area contributed by atoms with Crippen LogP contribution in [-0.2, 0) is 6.42 Å². The largest absolute Gasteiger partial charge is 0.507 e. The van der Waals surface area contributed by atoms with Crippen molar-refractivity contribution in [3.8, 4) is 11.5 Å². The third-order valence-corrected chi connectivity index (χ3v) is 5.95. The highest BCUT2D eigenvalue weighted by molar-refractivity contribution is 5.53. The number of unbranched alkanes of at least 4 members (excludes halogenated alkanes) is 3. The van der Waals surface area contributed by atoms with Crippen molar-refractivity contribution in [3.05, 3.63) is 34.9 Å². The number of ether oxygens (including phenoxy) is 1. The summed E-state index contributed by atoms with van der Waals surface area (Å²) in [6, 6.07) is 4.12. The molecule has 0 saturated heterocycles. The number of nitrogens with two attached hydrogens (primary N) is 1. The van der Waals surface area contributed by atoms with Crippen LogP contribution in [-0.4, -0.2) is 17.3 Å². The number of aromatic hydroxyl groups is 1. The van der Waals surface area contributed by atoms with Gasteiger partial charge in [0.2, 0.25) is 0 Å². The van der Waals surface area contributed by atoms with Gasteiger partial charge < -0.3 is 15.6 Å². The quantitative estimate of drug-likeness (QED) is 0.560. The maximum atomic E-state index is 10.7. The van der Waals surface area contributed by atoms with Gasteiger partial charge in [0.15, 0.2) is 0 Å². The predicted octanol–water partition coefficient (Wildman–Crippen LogP) is 5.06. The van der Waals surface area contributed by atoms with E-state index in [0.717, 1.165) is 50.0 Å². The Balaban J connectivity index is 1.84. The van der Waals surface area contributed by atoms with Crippen LogP contribution in [0.3, 0.4) is 0 Å². The number of allylic oxidation sites excluding steroid dienone is 2. The monoisotopic (exact) mass is 343 g/mol. The Hall–Kier alpha value is -1.48. The van der Waals surface area contributed by atoms with Crippen molar-refractivity contribution in [2.75, 3.05) is 6.54 Å². The van der Waals surface area contributed by atoms with Crippen molar-refractivity contribution < 1.29 is 9.84 Å². The molecule has 0 bridgehead atoms. The number of fused-ring (bicyclic) bond motifs is 3. The van der Waals surface area contributed by atoms with Crippen molar-refractivity contribution in [2.24, 2.45) is 11.7 Å². The fraction of sp³-hybridized carbons (Fsp3) is 0.636. The lowest BCUT2D eigenvalue weighted by Gasteiger charge is -2.46. The molecule has 0 saturated carbocycles. The standard InChI is InChI=1S/C22H33NO2/c1-15-9-10-18-17(12-15)21-19(24)13-16(8-6-4-5-7-11-23)14-20(21)25-22(18,2)3/h12-14,17-18,24H,4-11,23H2,1-3H3/t17-,18-/m1/s1. The van der Waals surface area contributed by atoms with Gasteiger partial charge in [0.1, 0.15) is 17.1 Å². The van der Waals surface area contributed by atoms with E-state index in [2.05, 4.69) is 32.9 Å². The zero-order chi connectivity index (χ0) is 18.0. The SMILES string of the molecule is CC1=C[C@H]2c3c(O)cc(CCCCCCN)cc3OC(C)(C)[C@@H]2CC1. The van der Waals surface area contributed by atoms with E-state index in [-0.39, 0.29) is 11.5 Å². The molecule has 0 radical (unpaired) electrons. The van der Waals surface area contributed by atoms with Crippen molar-refractivity contribution in [2.45, 2.75) is 77.2 Å². The second kappa shape index (κ2) is 7.41. The highest BCUT2D eigenvalue weighted by atomic mass is 16.5. The minimum absolute atomic E-state index is 0.193. The van der Waals surface area contributed by atoms with E-state index >= 15 is 0 Å². The van der Waals surface area contributed by atoms with Gasteiger partial charge in [0.25, 0.3) is 0 Å². The Morgan fingerprint density at radius 2 is 1.96 bits per heavy atom. The van der Waals surface area contributed by atoms with Gasteiger partial charge in [0.05, 0.1) is 0 Å². The summed E-state index contributed by atoms with van der Waals surface area (Å²) in [5.74, 6) is 1.99. The Morgan fingerprint density at radius 3 is 2.72 bits per heavy atom. The maximum Gasteiger partial charge on any atom is 0.127 e. The summed E-state index contributed by atoms with van der Waals surface area (Å²) < 4.78 is 6.38. The Bertz CT molecular complexity index is 648. The minimum atomic E-state index is -0.193. The van der Waals surface area contributed by atoms with Crippen LogP contribution in [0, 0.1) is 5.92 Å². The number of rotatable bonds is 6. The van der Waals surface area contributed by atoms with Gasteiger partial charge in [-0.05, 0) is 77.1 Å². The van der Waals surface area contributed by atoms with Gasteiger partial charge >= 0.3 is 0 Å². The van der Waals surface area contributed by atoms with E-state index in [9.17, 15) is 5.11 Å². The van der Waals surface area contributed by atoms with Gasteiger partial charge in [-0.3, -0.25) is 0 Å². The lowest BCUT2D eigenvalue weighted by molar-refractivity contribution is 0.0107. The molecule has 3 nitrogen and oxygen atoms in total. The molecule has 138 valence electrons. The first kappa shape index (κ1) is 18.3. The van der Waals surface area contributed by atoms with E-state index < -0.39 is 0 Å². The Kier molecular flexibility index (Phi) is 5.43. The molecule has 1 aromatic rings.